The fourth-order valence-electron chi connectivity index (χ4n) is 1.85. The van der Waals surface area contributed by atoms with Crippen molar-refractivity contribution in [2.24, 2.45) is 7.05 Å². The van der Waals surface area contributed by atoms with Crippen molar-refractivity contribution in [2.75, 3.05) is 20.3 Å². The maximum absolute atomic E-state index is 5.23. The highest BCUT2D eigenvalue weighted by Gasteiger charge is 2.11. The average molecular weight is 225 g/mol. The molecule has 0 fully saturated rings. The monoisotopic (exact) mass is 225 g/mol. The Morgan fingerprint density at radius 2 is 2.31 bits per heavy atom. The van der Waals surface area contributed by atoms with Crippen LogP contribution in [0.15, 0.2) is 6.07 Å². The van der Waals surface area contributed by atoms with Crippen LogP contribution in [0.25, 0.3) is 0 Å². The number of nitrogens with zero attached hydrogens (tertiary/aromatic N) is 2. The first-order chi connectivity index (χ1) is 7.67. The molecule has 0 aromatic carbocycles. The number of methoxy groups -OCH3 is 1. The molecule has 0 bridgehead atoms. The van der Waals surface area contributed by atoms with Gasteiger partial charge in [0.15, 0.2) is 0 Å². The summed E-state index contributed by atoms with van der Waals surface area (Å²) in [4.78, 5) is 0. The lowest BCUT2D eigenvalue weighted by molar-refractivity contribution is 0.165. The van der Waals surface area contributed by atoms with Crippen molar-refractivity contribution in [1.82, 2.24) is 15.1 Å². The van der Waals surface area contributed by atoms with Crippen molar-refractivity contribution < 1.29 is 4.74 Å². The molecule has 1 N–H and O–H groups in total. The van der Waals surface area contributed by atoms with Crippen molar-refractivity contribution in [2.45, 2.75) is 32.7 Å². The molecule has 1 heterocycles. The predicted octanol–water partition coefficient (Wildman–Crippen LogP) is 1.29. The zero-order valence-corrected chi connectivity index (χ0v) is 10.8. The van der Waals surface area contributed by atoms with E-state index >= 15 is 0 Å². The number of rotatable bonds is 7. The van der Waals surface area contributed by atoms with Crippen molar-refractivity contribution in [3.8, 4) is 0 Å². The fraction of sp³-hybridized carbons (Fsp3) is 0.750. The zero-order valence-electron chi connectivity index (χ0n) is 10.8. The van der Waals surface area contributed by atoms with E-state index in [0.717, 1.165) is 31.7 Å². The molecule has 1 rings (SSSR count). The average Bonchev–Trinajstić information content (AvgIpc) is 2.54. The van der Waals surface area contributed by atoms with Crippen LogP contribution in [0.3, 0.4) is 0 Å². The van der Waals surface area contributed by atoms with Gasteiger partial charge in [-0.15, -0.1) is 0 Å². The minimum Gasteiger partial charge on any atom is -0.383 e. The van der Waals surface area contributed by atoms with E-state index < -0.39 is 0 Å². The molecule has 1 unspecified atom stereocenters. The van der Waals surface area contributed by atoms with Gasteiger partial charge in [0.2, 0.25) is 0 Å². The van der Waals surface area contributed by atoms with Crippen LogP contribution in [0, 0.1) is 6.92 Å². The van der Waals surface area contributed by atoms with Crippen molar-refractivity contribution in [1.29, 1.82) is 0 Å². The smallest absolute Gasteiger partial charge is 0.0619 e. The van der Waals surface area contributed by atoms with Gasteiger partial charge in [-0.05, 0) is 26.0 Å². The quantitative estimate of drug-likeness (QED) is 0.760. The van der Waals surface area contributed by atoms with Crippen LogP contribution in [0.5, 0.6) is 0 Å². The molecule has 1 atom stereocenters. The summed E-state index contributed by atoms with van der Waals surface area (Å²) in [6, 6.07) is 2.51. The van der Waals surface area contributed by atoms with Gasteiger partial charge in [-0.25, -0.2) is 0 Å². The van der Waals surface area contributed by atoms with Gasteiger partial charge in [-0.1, -0.05) is 6.92 Å². The maximum atomic E-state index is 5.23. The number of ether oxygens (including phenoxy) is 1. The molecular weight excluding hydrogens is 202 g/mol. The summed E-state index contributed by atoms with van der Waals surface area (Å²) < 4.78 is 7.18. The Morgan fingerprint density at radius 3 is 2.81 bits per heavy atom. The van der Waals surface area contributed by atoms with E-state index in [0.29, 0.717) is 6.04 Å². The van der Waals surface area contributed by atoms with Crippen molar-refractivity contribution >= 4 is 0 Å². The largest absolute Gasteiger partial charge is 0.383 e. The third kappa shape index (κ3) is 3.94. The summed E-state index contributed by atoms with van der Waals surface area (Å²) in [5.74, 6) is 0. The number of nitrogens with one attached hydrogen (secondary N) is 1. The molecule has 16 heavy (non-hydrogen) atoms. The second kappa shape index (κ2) is 6.66. The summed E-state index contributed by atoms with van der Waals surface area (Å²) >= 11 is 0. The Bertz CT molecular complexity index is 309. The van der Waals surface area contributed by atoms with E-state index in [9.17, 15) is 0 Å². The molecule has 0 aliphatic rings. The molecule has 0 aliphatic heterocycles. The third-order valence-corrected chi connectivity index (χ3v) is 2.61. The molecule has 4 heteroatoms. The molecule has 0 amide bonds. The second-order valence-electron chi connectivity index (χ2n) is 4.21. The lowest BCUT2D eigenvalue weighted by atomic mass is 10.1. The highest BCUT2D eigenvalue weighted by molar-refractivity contribution is 5.10. The summed E-state index contributed by atoms with van der Waals surface area (Å²) in [5.41, 5.74) is 2.33. The fourth-order valence-corrected chi connectivity index (χ4v) is 1.85. The van der Waals surface area contributed by atoms with Crippen LogP contribution >= 0.6 is 0 Å². The lowest BCUT2D eigenvalue weighted by Gasteiger charge is -2.17. The summed E-state index contributed by atoms with van der Waals surface area (Å²) in [7, 11) is 3.74. The lowest BCUT2D eigenvalue weighted by Crippen LogP contribution is -2.36. The summed E-state index contributed by atoms with van der Waals surface area (Å²) in [6.07, 6.45) is 2.11. The normalized spacial score (nSPS) is 13.0. The second-order valence-corrected chi connectivity index (χ2v) is 4.21. The van der Waals surface area contributed by atoms with E-state index in [2.05, 4.69) is 23.4 Å². The Labute approximate surface area is 98.0 Å². The van der Waals surface area contributed by atoms with Gasteiger partial charge in [0.25, 0.3) is 0 Å². The molecular formula is C12H23N3O. The molecule has 0 spiro atoms. The van der Waals surface area contributed by atoms with Gasteiger partial charge in [0.1, 0.15) is 0 Å². The van der Waals surface area contributed by atoms with E-state index in [-0.39, 0.29) is 0 Å². The predicted molar refractivity (Wildman–Crippen MR) is 65.6 cm³/mol. The van der Waals surface area contributed by atoms with Gasteiger partial charge in [0.05, 0.1) is 12.3 Å². The first kappa shape index (κ1) is 13.2. The Hall–Kier alpha value is -0.870. The summed E-state index contributed by atoms with van der Waals surface area (Å²) in [5, 5.41) is 7.84. The van der Waals surface area contributed by atoms with Gasteiger partial charge in [-0.2, -0.15) is 5.10 Å². The summed E-state index contributed by atoms with van der Waals surface area (Å²) in [6.45, 7) is 5.97. The first-order valence-electron chi connectivity index (χ1n) is 5.89. The number of hydrogen-bond donors (Lipinski definition) is 1. The molecule has 0 saturated carbocycles. The van der Waals surface area contributed by atoms with Crippen LogP contribution in [0.1, 0.15) is 24.7 Å². The van der Waals surface area contributed by atoms with E-state index in [4.69, 9.17) is 4.74 Å². The van der Waals surface area contributed by atoms with Gasteiger partial charge in [-0.3, -0.25) is 4.68 Å². The third-order valence-electron chi connectivity index (χ3n) is 2.61. The van der Waals surface area contributed by atoms with Crippen molar-refractivity contribution in [3.63, 3.8) is 0 Å². The topological polar surface area (TPSA) is 39.1 Å². The van der Waals surface area contributed by atoms with Crippen molar-refractivity contribution in [3.05, 3.63) is 17.5 Å². The number of aryl methyl sites for hydroxylation is 2. The Kier molecular flexibility index (Phi) is 5.49. The zero-order chi connectivity index (χ0) is 12.0. The van der Waals surface area contributed by atoms with Gasteiger partial charge in [0, 0.05) is 32.3 Å². The van der Waals surface area contributed by atoms with E-state index in [1.54, 1.807) is 7.11 Å². The highest BCUT2D eigenvalue weighted by Crippen LogP contribution is 2.05. The molecule has 4 nitrogen and oxygen atoms in total. The number of hydrogen-bond acceptors (Lipinski definition) is 3. The molecule has 0 radical (unpaired) electrons. The van der Waals surface area contributed by atoms with Crippen LogP contribution in [-0.4, -0.2) is 36.1 Å². The molecule has 92 valence electrons. The molecule has 1 aromatic heterocycles. The van der Waals surface area contributed by atoms with Crippen LogP contribution < -0.4 is 5.32 Å². The van der Waals surface area contributed by atoms with Crippen LogP contribution in [0.4, 0.5) is 0 Å². The van der Waals surface area contributed by atoms with E-state index in [1.165, 1.54) is 5.69 Å². The first-order valence-corrected chi connectivity index (χ1v) is 5.89. The van der Waals surface area contributed by atoms with Gasteiger partial charge < -0.3 is 10.1 Å². The molecule has 0 saturated heterocycles. The van der Waals surface area contributed by atoms with Crippen LogP contribution in [-0.2, 0) is 18.2 Å². The highest BCUT2D eigenvalue weighted by atomic mass is 16.5. The van der Waals surface area contributed by atoms with E-state index in [1.807, 2.05) is 18.7 Å². The molecule has 0 aliphatic carbocycles. The SMILES string of the molecule is CCCNC(COC)Cc1cc(C)nn1C. The Balaban J connectivity index is 2.56. The van der Waals surface area contributed by atoms with Crippen LogP contribution in [0.2, 0.25) is 0 Å². The number of aromatic nitrogens is 2. The molecule has 1 aromatic rings. The Morgan fingerprint density at radius 1 is 1.56 bits per heavy atom. The maximum Gasteiger partial charge on any atom is 0.0619 e. The van der Waals surface area contributed by atoms with Gasteiger partial charge >= 0.3 is 0 Å². The minimum absolute atomic E-state index is 0.375. The minimum atomic E-state index is 0.375. The standard InChI is InChI=1S/C12H23N3O/c1-5-6-13-11(9-16-4)8-12-7-10(2)14-15(12)3/h7,11,13H,5-6,8-9H2,1-4H3.